The normalized spacial score (nSPS) is 11.8. The lowest BCUT2D eigenvalue weighted by molar-refractivity contribution is -0.274. The van der Waals surface area contributed by atoms with Crippen molar-refractivity contribution < 1.29 is 31.8 Å². The molecule has 0 spiro atoms. The summed E-state index contributed by atoms with van der Waals surface area (Å²) in [4.78, 5) is 8.41. The molecule has 0 saturated heterocycles. The van der Waals surface area contributed by atoms with Crippen molar-refractivity contribution in [3.63, 3.8) is 0 Å². The van der Waals surface area contributed by atoms with Crippen LogP contribution in [0.25, 0.3) is 22.0 Å². The molecule has 5 nitrogen and oxygen atoms in total. The third-order valence-electron chi connectivity index (χ3n) is 4.97. The van der Waals surface area contributed by atoms with E-state index in [4.69, 9.17) is 0 Å². The second-order valence-electron chi connectivity index (χ2n) is 6.99. The Morgan fingerprint density at radius 1 is 1.06 bits per heavy atom. The zero-order chi connectivity index (χ0) is 23.8. The van der Waals surface area contributed by atoms with Gasteiger partial charge < -0.3 is 14.4 Å². The minimum absolute atomic E-state index is 0.0955. The van der Waals surface area contributed by atoms with Crippen LogP contribution in [0.5, 0.6) is 5.75 Å². The minimum atomic E-state index is -4.89. The second-order valence-corrected chi connectivity index (χ2v) is 7.76. The van der Waals surface area contributed by atoms with Crippen molar-refractivity contribution >= 4 is 22.7 Å². The molecule has 0 aliphatic heterocycles. The fraction of sp³-hybridized carbons (Fsp3) is 0.182. The number of fused-ring (bicyclic) bond motifs is 1. The SMILES string of the molecule is CSc1ncc(-c2c(CO)n(Cc3ccc(F)cc3F)c3ccc(OC(F)(F)F)cc23)cn1. The molecule has 1 N–H and O–H groups in total. The van der Waals surface area contributed by atoms with Crippen LogP contribution in [0.1, 0.15) is 11.3 Å². The number of aliphatic hydroxyl groups excluding tert-OH is 1. The van der Waals surface area contributed by atoms with Crippen molar-refractivity contribution in [2.45, 2.75) is 24.7 Å². The van der Waals surface area contributed by atoms with Crippen molar-refractivity contribution in [3.05, 3.63) is 71.7 Å². The van der Waals surface area contributed by atoms with Crippen LogP contribution in [0.15, 0.2) is 53.9 Å². The summed E-state index contributed by atoms with van der Waals surface area (Å²) in [7, 11) is 0. The number of aromatic nitrogens is 3. The molecule has 2 aromatic heterocycles. The van der Waals surface area contributed by atoms with E-state index in [1.807, 2.05) is 0 Å². The molecule has 172 valence electrons. The largest absolute Gasteiger partial charge is 0.573 e. The van der Waals surface area contributed by atoms with Crippen LogP contribution in [0.3, 0.4) is 0 Å². The highest BCUT2D eigenvalue weighted by atomic mass is 32.2. The summed E-state index contributed by atoms with van der Waals surface area (Å²) in [6.45, 7) is -0.603. The van der Waals surface area contributed by atoms with Crippen molar-refractivity contribution in [3.8, 4) is 16.9 Å². The van der Waals surface area contributed by atoms with Gasteiger partial charge in [-0.15, -0.1) is 13.2 Å². The number of benzene rings is 2. The van der Waals surface area contributed by atoms with Crippen LogP contribution in [-0.4, -0.2) is 32.3 Å². The molecular weight excluding hydrogens is 465 g/mol. The van der Waals surface area contributed by atoms with Crippen molar-refractivity contribution in [1.29, 1.82) is 0 Å². The van der Waals surface area contributed by atoms with Gasteiger partial charge >= 0.3 is 6.36 Å². The van der Waals surface area contributed by atoms with Gasteiger partial charge in [0, 0.05) is 46.1 Å². The van der Waals surface area contributed by atoms with Crippen LogP contribution < -0.4 is 4.74 Å². The first-order valence-corrected chi connectivity index (χ1v) is 10.7. The molecule has 0 atom stereocenters. The average Bonchev–Trinajstić information content (AvgIpc) is 3.07. The van der Waals surface area contributed by atoms with Crippen LogP contribution in [0, 0.1) is 11.6 Å². The fourth-order valence-electron chi connectivity index (χ4n) is 3.62. The molecule has 4 rings (SSSR count). The molecular formula is C22H16F5N3O2S. The molecule has 0 aliphatic rings. The maximum absolute atomic E-state index is 14.4. The molecule has 0 radical (unpaired) electrons. The second kappa shape index (κ2) is 8.99. The molecule has 2 heterocycles. The third-order valence-corrected chi connectivity index (χ3v) is 5.54. The highest BCUT2D eigenvalue weighted by molar-refractivity contribution is 7.98. The van der Waals surface area contributed by atoms with E-state index in [0.717, 1.165) is 18.2 Å². The topological polar surface area (TPSA) is 60.2 Å². The number of ether oxygens (including phenoxy) is 1. The molecule has 33 heavy (non-hydrogen) atoms. The molecule has 0 saturated carbocycles. The summed E-state index contributed by atoms with van der Waals surface area (Å²) >= 11 is 1.31. The fourth-order valence-corrected chi connectivity index (χ4v) is 3.94. The number of aliphatic hydroxyl groups is 1. The molecule has 11 heteroatoms. The first-order valence-electron chi connectivity index (χ1n) is 9.52. The van der Waals surface area contributed by atoms with Crippen molar-refractivity contribution in [1.82, 2.24) is 14.5 Å². The highest BCUT2D eigenvalue weighted by Crippen LogP contribution is 2.38. The number of nitrogens with zero attached hydrogens (tertiary/aromatic N) is 3. The Hall–Kier alpha value is -3.18. The van der Waals surface area contributed by atoms with E-state index in [1.54, 1.807) is 10.8 Å². The van der Waals surface area contributed by atoms with E-state index >= 15 is 0 Å². The Morgan fingerprint density at radius 2 is 1.79 bits per heavy atom. The summed E-state index contributed by atoms with van der Waals surface area (Å²) in [6.07, 6.45) is -0.117. The van der Waals surface area contributed by atoms with Gasteiger partial charge in [0.15, 0.2) is 5.16 Å². The smallest absolute Gasteiger partial charge is 0.406 e. The summed E-state index contributed by atoms with van der Waals surface area (Å²) in [6, 6.07) is 6.83. The first-order chi connectivity index (χ1) is 15.7. The standard InChI is InChI=1S/C22H16F5N3O2S/c1-33-21-28-8-13(9-29-21)20-16-7-15(32-22(25,26)27)4-5-18(16)30(19(20)11-31)10-12-2-3-14(23)6-17(12)24/h2-9,31H,10-11H2,1H3. The number of rotatable bonds is 6. The predicted octanol–water partition coefficient (Wildman–Crippen LogP) is 5.54. The van der Waals surface area contributed by atoms with E-state index in [0.29, 0.717) is 32.9 Å². The monoisotopic (exact) mass is 481 g/mol. The molecule has 0 amide bonds. The molecule has 0 bridgehead atoms. The Balaban J connectivity index is 1.94. The molecule has 0 unspecified atom stereocenters. The van der Waals surface area contributed by atoms with Crippen LogP contribution in [-0.2, 0) is 13.2 Å². The molecule has 4 aromatic rings. The van der Waals surface area contributed by atoms with Gasteiger partial charge in [-0.3, -0.25) is 0 Å². The first kappa shape index (κ1) is 23.0. The lowest BCUT2D eigenvalue weighted by Gasteiger charge is -2.12. The van der Waals surface area contributed by atoms with Gasteiger partial charge in [-0.2, -0.15) is 0 Å². The number of alkyl halides is 3. The summed E-state index contributed by atoms with van der Waals surface area (Å²) in [5, 5.41) is 11.0. The van der Waals surface area contributed by atoms with Crippen LogP contribution in [0.4, 0.5) is 22.0 Å². The maximum atomic E-state index is 14.4. The number of hydrogen-bond acceptors (Lipinski definition) is 5. The predicted molar refractivity (Wildman–Crippen MR) is 113 cm³/mol. The summed E-state index contributed by atoms with van der Waals surface area (Å²) in [5.74, 6) is -1.98. The van der Waals surface area contributed by atoms with Gasteiger partial charge in [0.1, 0.15) is 17.4 Å². The Bertz CT molecular complexity index is 1310. The third kappa shape index (κ3) is 4.79. The minimum Gasteiger partial charge on any atom is -0.406 e. The van der Waals surface area contributed by atoms with Gasteiger partial charge in [0.05, 0.1) is 18.8 Å². The van der Waals surface area contributed by atoms with Gasteiger partial charge in [-0.1, -0.05) is 17.8 Å². The molecule has 2 aromatic carbocycles. The zero-order valence-corrected chi connectivity index (χ0v) is 17.8. The highest BCUT2D eigenvalue weighted by Gasteiger charge is 2.31. The number of hydrogen-bond donors (Lipinski definition) is 1. The van der Waals surface area contributed by atoms with Gasteiger partial charge in [0.2, 0.25) is 0 Å². The number of halogens is 5. The average molecular weight is 481 g/mol. The van der Waals surface area contributed by atoms with Crippen LogP contribution in [0.2, 0.25) is 0 Å². The molecule has 0 aliphatic carbocycles. The van der Waals surface area contributed by atoms with E-state index < -0.39 is 30.4 Å². The van der Waals surface area contributed by atoms with Gasteiger partial charge in [0.25, 0.3) is 0 Å². The van der Waals surface area contributed by atoms with E-state index in [1.165, 1.54) is 42.4 Å². The lowest BCUT2D eigenvalue weighted by Crippen LogP contribution is -2.17. The number of thioether (sulfide) groups is 1. The summed E-state index contributed by atoms with van der Waals surface area (Å²) < 4.78 is 71.7. The quantitative estimate of drug-likeness (QED) is 0.223. The lowest BCUT2D eigenvalue weighted by atomic mass is 10.0. The van der Waals surface area contributed by atoms with E-state index in [9.17, 15) is 27.1 Å². The zero-order valence-electron chi connectivity index (χ0n) is 17.0. The van der Waals surface area contributed by atoms with Gasteiger partial charge in [-0.25, -0.2) is 18.7 Å². The van der Waals surface area contributed by atoms with Crippen molar-refractivity contribution in [2.24, 2.45) is 0 Å². The van der Waals surface area contributed by atoms with Gasteiger partial charge in [-0.05, 0) is 30.5 Å². The molecule has 0 fully saturated rings. The Morgan fingerprint density at radius 3 is 2.39 bits per heavy atom. The van der Waals surface area contributed by atoms with Crippen molar-refractivity contribution in [2.75, 3.05) is 6.26 Å². The van der Waals surface area contributed by atoms with E-state index in [-0.39, 0.29) is 12.1 Å². The Kier molecular flexibility index (Phi) is 6.26. The maximum Gasteiger partial charge on any atom is 0.573 e. The van der Waals surface area contributed by atoms with Crippen LogP contribution >= 0.6 is 11.8 Å². The Labute approximate surface area is 188 Å². The summed E-state index contributed by atoms with van der Waals surface area (Å²) in [5.41, 5.74) is 1.69. The van der Waals surface area contributed by atoms with E-state index in [2.05, 4.69) is 14.7 Å².